The zero-order valence-electron chi connectivity index (χ0n) is 16.9. The van der Waals surface area contributed by atoms with Crippen molar-refractivity contribution in [2.45, 2.75) is 25.8 Å². The first-order valence-corrected chi connectivity index (χ1v) is 10.2. The Morgan fingerprint density at radius 1 is 1.13 bits per heavy atom. The van der Waals surface area contributed by atoms with Crippen LogP contribution in [-0.4, -0.2) is 68.0 Å². The Morgan fingerprint density at radius 3 is 2.63 bits per heavy atom. The third-order valence-electron chi connectivity index (χ3n) is 5.81. The molecule has 0 spiro atoms. The number of rotatable bonds is 5. The van der Waals surface area contributed by atoms with Crippen molar-refractivity contribution < 1.29 is 4.79 Å². The van der Waals surface area contributed by atoms with Crippen LogP contribution in [0.25, 0.3) is 16.9 Å². The summed E-state index contributed by atoms with van der Waals surface area (Å²) in [4.78, 5) is 25.0. The lowest BCUT2D eigenvalue weighted by Gasteiger charge is -2.36. The number of carbonyl (C=O) groups excluding carboxylic acids is 1. The lowest BCUT2D eigenvalue weighted by atomic mass is 10.2. The number of amides is 1. The summed E-state index contributed by atoms with van der Waals surface area (Å²) in [7, 11) is 0. The molecule has 3 aromatic heterocycles. The van der Waals surface area contributed by atoms with E-state index in [1.807, 2.05) is 19.3 Å². The van der Waals surface area contributed by atoms with E-state index in [9.17, 15) is 4.79 Å². The Kier molecular flexibility index (Phi) is 4.66. The minimum Gasteiger partial charge on any atom is -0.368 e. The van der Waals surface area contributed by atoms with Gasteiger partial charge in [-0.25, -0.2) is 9.67 Å². The topological polar surface area (TPSA) is 106 Å². The molecule has 1 aliphatic heterocycles. The van der Waals surface area contributed by atoms with E-state index in [-0.39, 0.29) is 5.69 Å². The van der Waals surface area contributed by atoms with Gasteiger partial charge in [0.05, 0.1) is 29.5 Å². The smallest absolute Gasteiger partial charge is 0.267 e. The van der Waals surface area contributed by atoms with Crippen molar-refractivity contribution in [2.24, 2.45) is 5.73 Å². The van der Waals surface area contributed by atoms with Crippen LogP contribution in [0.2, 0.25) is 0 Å². The average molecular weight is 404 g/mol. The Balaban J connectivity index is 1.35. The number of aromatic nitrogens is 5. The Bertz CT molecular complexity index is 1080. The first-order chi connectivity index (χ1) is 14.6. The van der Waals surface area contributed by atoms with Gasteiger partial charge in [0.2, 0.25) is 0 Å². The molecular formula is C21H24N8O. The maximum Gasteiger partial charge on any atom is 0.267 e. The highest BCUT2D eigenvalue weighted by atomic mass is 16.1. The second-order valence-electron chi connectivity index (χ2n) is 7.90. The third-order valence-corrected chi connectivity index (χ3v) is 5.81. The lowest BCUT2D eigenvalue weighted by Crippen LogP contribution is -2.47. The molecule has 1 saturated heterocycles. The van der Waals surface area contributed by atoms with Crippen LogP contribution in [0, 0.1) is 6.92 Å². The molecule has 0 unspecified atom stereocenters. The Morgan fingerprint density at radius 2 is 1.93 bits per heavy atom. The summed E-state index contributed by atoms with van der Waals surface area (Å²) in [6.45, 7) is 6.07. The second kappa shape index (κ2) is 7.49. The number of hydrogen-bond acceptors (Lipinski definition) is 7. The van der Waals surface area contributed by atoms with Gasteiger partial charge in [0.15, 0.2) is 0 Å². The van der Waals surface area contributed by atoms with Gasteiger partial charge in [-0.2, -0.15) is 0 Å². The van der Waals surface area contributed by atoms with Crippen LogP contribution in [-0.2, 0) is 0 Å². The fourth-order valence-corrected chi connectivity index (χ4v) is 3.97. The first kappa shape index (κ1) is 18.7. The second-order valence-corrected chi connectivity index (χ2v) is 7.90. The molecule has 9 heteroatoms. The molecule has 1 amide bonds. The Hall–Kier alpha value is -3.33. The number of pyridine rings is 2. The summed E-state index contributed by atoms with van der Waals surface area (Å²) in [5, 5.41) is 8.56. The van der Waals surface area contributed by atoms with Crippen LogP contribution in [0.5, 0.6) is 0 Å². The fraction of sp³-hybridized carbons (Fsp3) is 0.381. The van der Waals surface area contributed by atoms with Gasteiger partial charge in [0, 0.05) is 44.0 Å². The zero-order chi connectivity index (χ0) is 20.7. The number of nitrogens with two attached hydrogens (primary N) is 1. The monoisotopic (exact) mass is 404 g/mol. The molecule has 1 aliphatic carbocycles. The summed E-state index contributed by atoms with van der Waals surface area (Å²) in [6, 6.07) is 6.31. The maximum atomic E-state index is 11.3. The van der Waals surface area contributed by atoms with Gasteiger partial charge in [0.25, 0.3) is 5.91 Å². The summed E-state index contributed by atoms with van der Waals surface area (Å²) < 4.78 is 1.66. The van der Waals surface area contributed by atoms with E-state index in [4.69, 9.17) is 5.73 Å². The van der Waals surface area contributed by atoms with Crippen molar-refractivity contribution in [2.75, 3.05) is 31.1 Å². The van der Waals surface area contributed by atoms with Gasteiger partial charge < -0.3 is 10.6 Å². The van der Waals surface area contributed by atoms with E-state index in [2.05, 4.69) is 36.1 Å². The molecular weight excluding hydrogens is 380 g/mol. The van der Waals surface area contributed by atoms with Crippen LogP contribution in [0.3, 0.4) is 0 Å². The van der Waals surface area contributed by atoms with Crippen LogP contribution >= 0.6 is 0 Å². The fourth-order valence-electron chi connectivity index (χ4n) is 3.97. The molecule has 3 aromatic rings. The number of carbonyl (C=O) groups is 1. The van der Waals surface area contributed by atoms with Crippen molar-refractivity contribution in [1.82, 2.24) is 29.9 Å². The Labute approximate surface area is 174 Å². The number of hydrogen-bond donors (Lipinski definition) is 1. The predicted molar refractivity (Wildman–Crippen MR) is 112 cm³/mol. The number of nitrogens with zero attached hydrogens (tertiary/aromatic N) is 7. The number of primary amides is 1. The molecule has 5 rings (SSSR count). The number of piperazine rings is 1. The normalized spacial score (nSPS) is 17.3. The van der Waals surface area contributed by atoms with Gasteiger partial charge in [-0.15, -0.1) is 5.10 Å². The largest absolute Gasteiger partial charge is 0.368 e. The molecule has 154 valence electrons. The minimum atomic E-state index is -0.551. The molecule has 30 heavy (non-hydrogen) atoms. The SMILES string of the molecule is Cc1nc(C(N)=O)ccc1-n1cc(-c2cncc(N3CCN(C4CC4)CC3)c2)nn1. The van der Waals surface area contributed by atoms with Gasteiger partial charge in [-0.3, -0.25) is 14.7 Å². The summed E-state index contributed by atoms with van der Waals surface area (Å²) in [6.07, 6.45) is 8.27. The molecule has 2 N–H and O–H groups in total. The molecule has 0 radical (unpaired) electrons. The van der Waals surface area contributed by atoms with Crippen LogP contribution in [0.4, 0.5) is 5.69 Å². The molecule has 4 heterocycles. The molecule has 2 aliphatic rings. The molecule has 2 fully saturated rings. The summed E-state index contributed by atoms with van der Waals surface area (Å²) in [5.74, 6) is -0.551. The molecule has 0 bridgehead atoms. The standard InChI is InChI=1S/C21H24N8O/c1-14-20(5-4-18(24-14)21(22)30)29-13-19(25-26-29)15-10-17(12-23-11-15)28-8-6-27(7-9-28)16-2-3-16/h4-5,10-13,16H,2-3,6-9H2,1H3,(H2,22,30). The highest BCUT2D eigenvalue weighted by Gasteiger charge is 2.31. The van der Waals surface area contributed by atoms with Crippen molar-refractivity contribution >= 4 is 11.6 Å². The molecule has 0 atom stereocenters. The maximum absolute atomic E-state index is 11.3. The third kappa shape index (κ3) is 3.63. The van der Waals surface area contributed by atoms with Crippen LogP contribution in [0.15, 0.2) is 36.8 Å². The average Bonchev–Trinajstić information content (AvgIpc) is 3.50. The quantitative estimate of drug-likeness (QED) is 0.685. The molecule has 9 nitrogen and oxygen atoms in total. The predicted octanol–water partition coefficient (Wildman–Crippen LogP) is 1.42. The highest BCUT2D eigenvalue weighted by molar-refractivity contribution is 5.90. The van der Waals surface area contributed by atoms with Crippen LogP contribution < -0.4 is 10.6 Å². The van der Waals surface area contributed by atoms with E-state index in [0.717, 1.165) is 54.9 Å². The van der Waals surface area contributed by atoms with Gasteiger partial charge in [-0.05, 0) is 38.0 Å². The van der Waals surface area contributed by atoms with Crippen molar-refractivity contribution in [3.05, 3.63) is 48.2 Å². The van der Waals surface area contributed by atoms with E-state index < -0.39 is 5.91 Å². The van der Waals surface area contributed by atoms with Gasteiger partial charge in [0.1, 0.15) is 11.4 Å². The summed E-state index contributed by atoms with van der Waals surface area (Å²) in [5.41, 5.74) is 9.71. The van der Waals surface area contributed by atoms with E-state index >= 15 is 0 Å². The number of anilines is 1. The van der Waals surface area contributed by atoms with Crippen molar-refractivity contribution in [1.29, 1.82) is 0 Å². The first-order valence-electron chi connectivity index (χ1n) is 10.2. The zero-order valence-corrected chi connectivity index (χ0v) is 16.9. The van der Waals surface area contributed by atoms with Gasteiger partial charge in [-0.1, -0.05) is 5.21 Å². The van der Waals surface area contributed by atoms with Crippen molar-refractivity contribution in [3.63, 3.8) is 0 Å². The molecule has 1 saturated carbocycles. The van der Waals surface area contributed by atoms with E-state index in [1.165, 1.54) is 12.8 Å². The number of aryl methyl sites for hydroxylation is 1. The molecule has 0 aromatic carbocycles. The van der Waals surface area contributed by atoms with Crippen molar-refractivity contribution in [3.8, 4) is 16.9 Å². The van der Waals surface area contributed by atoms with Crippen LogP contribution in [0.1, 0.15) is 29.0 Å². The summed E-state index contributed by atoms with van der Waals surface area (Å²) >= 11 is 0. The van der Waals surface area contributed by atoms with Gasteiger partial charge >= 0.3 is 0 Å². The lowest BCUT2D eigenvalue weighted by molar-refractivity contribution is 0.0995. The van der Waals surface area contributed by atoms with E-state index in [1.54, 1.807) is 23.0 Å². The minimum absolute atomic E-state index is 0.232. The highest BCUT2D eigenvalue weighted by Crippen LogP contribution is 2.29. The van der Waals surface area contributed by atoms with E-state index in [0.29, 0.717) is 5.69 Å².